The standard InChI is InChI=1S/C11H13NO4/c1-11(2)15-7-10(16-11)8-3-5-9(6-4-8)12(13)14/h3-6,10H,7H2,1-2H3/t10-/m1/s1. The summed E-state index contributed by atoms with van der Waals surface area (Å²) in [5.41, 5.74) is 0.984. The first-order valence-electron chi connectivity index (χ1n) is 5.04. The first-order valence-corrected chi connectivity index (χ1v) is 5.04. The van der Waals surface area contributed by atoms with Gasteiger partial charge in [0.25, 0.3) is 5.69 Å². The van der Waals surface area contributed by atoms with E-state index in [0.717, 1.165) is 5.56 Å². The van der Waals surface area contributed by atoms with Crippen molar-refractivity contribution in [3.05, 3.63) is 39.9 Å². The summed E-state index contributed by atoms with van der Waals surface area (Å²) in [6.45, 7) is 4.17. The Labute approximate surface area is 93.1 Å². The van der Waals surface area contributed by atoms with Gasteiger partial charge in [-0.15, -0.1) is 0 Å². The number of nitro benzene ring substituents is 1. The minimum absolute atomic E-state index is 0.0851. The van der Waals surface area contributed by atoms with Crippen LogP contribution in [0.15, 0.2) is 24.3 Å². The summed E-state index contributed by atoms with van der Waals surface area (Å²) in [5, 5.41) is 10.5. The molecule has 5 heteroatoms. The molecule has 0 aromatic heterocycles. The summed E-state index contributed by atoms with van der Waals surface area (Å²) < 4.78 is 11.1. The number of hydrogen-bond donors (Lipinski definition) is 0. The lowest BCUT2D eigenvalue weighted by atomic mass is 10.1. The van der Waals surface area contributed by atoms with Crippen LogP contribution in [0.5, 0.6) is 0 Å². The molecule has 0 amide bonds. The van der Waals surface area contributed by atoms with E-state index in [-0.39, 0.29) is 11.8 Å². The van der Waals surface area contributed by atoms with Gasteiger partial charge in [-0.05, 0) is 31.5 Å². The molecular formula is C11H13NO4. The quantitative estimate of drug-likeness (QED) is 0.570. The Morgan fingerprint density at radius 3 is 2.44 bits per heavy atom. The maximum absolute atomic E-state index is 10.5. The Hall–Kier alpha value is -1.46. The zero-order chi connectivity index (χ0) is 11.8. The molecule has 16 heavy (non-hydrogen) atoms. The number of non-ortho nitro benzene ring substituents is 1. The molecule has 1 aromatic carbocycles. The zero-order valence-corrected chi connectivity index (χ0v) is 9.17. The molecule has 0 N–H and O–H groups in total. The second-order valence-corrected chi connectivity index (χ2v) is 4.17. The molecule has 5 nitrogen and oxygen atoms in total. The average molecular weight is 223 g/mol. The molecule has 0 radical (unpaired) electrons. The molecule has 1 fully saturated rings. The van der Waals surface area contributed by atoms with Gasteiger partial charge in [-0.25, -0.2) is 0 Å². The Morgan fingerprint density at radius 2 is 2.00 bits per heavy atom. The summed E-state index contributed by atoms with van der Waals surface area (Å²) >= 11 is 0. The summed E-state index contributed by atoms with van der Waals surface area (Å²) in [5.74, 6) is -0.577. The monoisotopic (exact) mass is 223 g/mol. The first kappa shape index (κ1) is 11.0. The van der Waals surface area contributed by atoms with Crippen LogP contribution >= 0.6 is 0 Å². The van der Waals surface area contributed by atoms with Crippen LogP contribution in [0, 0.1) is 10.1 Å². The summed E-state index contributed by atoms with van der Waals surface area (Å²) in [6, 6.07) is 6.36. The van der Waals surface area contributed by atoms with Crippen molar-refractivity contribution < 1.29 is 14.4 Å². The highest BCUT2D eigenvalue weighted by Gasteiger charge is 2.33. The molecule has 1 aliphatic heterocycles. The Bertz CT molecular complexity index is 399. The van der Waals surface area contributed by atoms with Gasteiger partial charge in [-0.2, -0.15) is 0 Å². The molecule has 1 heterocycles. The van der Waals surface area contributed by atoms with Crippen molar-refractivity contribution in [1.29, 1.82) is 0 Å². The second kappa shape index (κ2) is 3.84. The van der Waals surface area contributed by atoms with Gasteiger partial charge in [-0.1, -0.05) is 0 Å². The van der Waals surface area contributed by atoms with Crippen molar-refractivity contribution in [1.82, 2.24) is 0 Å². The van der Waals surface area contributed by atoms with Crippen molar-refractivity contribution in [2.75, 3.05) is 6.61 Å². The summed E-state index contributed by atoms with van der Waals surface area (Å²) in [6.07, 6.45) is -0.143. The highest BCUT2D eigenvalue weighted by Crippen LogP contribution is 2.33. The number of rotatable bonds is 2. The highest BCUT2D eigenvalue weighted by molar-refractivity contribution is 5.34. The van der Waals surface area contributed by atoms with Crippen LogP contribution < -0.4 is 0 Å². The van der Waals surface area contributed by atoms with Gasteiger partial charge in [0.15, 0.2) is 5.79 Å². The number of hydrogen-bond acceptors (Lipinski definition) is 4. The molecule has 1 atom stereocenters. The summed E-state index contributed by atoms with van der Waals surface area (Å²) in [7, 11) is 0. The first-order chi connectivity index (χ1) is 7.48. The van der Waals surface area contributed by atoms with E-state index in [4.69, 9.17) is 9.47 Å². The third-order valence-corrected chi connectivity index (χ3v) is 2.48. The maximum Gasteiger partial charge on any atom is 0.269 e. The third-order valence-electron chi connectivity index (χ3n) is 2.48. The number of nitrogens with zero attached hydrogens (tertiary/aromatic N) is 1. The molecule has 1 saturated heterocycles. The van der Waals surface area contributed by atoms with E-state index >= 15 is 0 Å². The molecule has 0 saturated carbocycles. The molecule has 86 valence electrons. The fourth-order valence-electron chi connectivity index (χ4n) is 1.66. The minimum Gasteiger partial charge on any atom is -0.347 e. The Balaban J connectivity index is 2.14. The lowest BCUT2D eigenvalue weighted by Crippen LogP contribution is -2.19. The van der Waals surface area contributed by atoms with Crippen LogP contribution in [0.1, 0.15) is 25.5 Å². The van der Waals surface area contributed by atoms with Gasteiger partial charge in [0.2, 0.25) is 0 Å². The van der Waals surface area contributed by atoms with Crippen LogP contribution in [0.3, 0.4) is 0 Å². The van der Waals surface area contributed by atoms with Gasteiger partial charge in [-0.3, -0.25) is 10.1 Å². The molecule has 2 rings (SSSR count). The van der Waals surface area contributed by atoms with Crippen LogP contribution in [-0.4, -0.2) is 17.3 Å². The van der Waals surface area contributed by atoms with E-state index in [0.29, 0.717) is 6.61 Å². The van der Waals surface area contributed by atoms with Crippen molar-refractivity contribution in [2.24, 2.45) is 0 Å². The molecule has 0 bridgehead atoms. The third kappa shape index (κ3) is 2.20. The predicted molar refractivity (Wildman–Crippen MR) is 57.0 cm³/mol. The molecule has 0 unspecified atom stereocenters. The van der Waals surface area contributed by atoms with E-state index < -0.39 is 10.7 Å². The van der Waals surface area contributed by atoms with Crippen molar-refractivity contribution >= 4 is 5.69 Å². The number of nitro groups is 1. The predicted octanol–water partition coefficient (Wildman–Crippen LogP) is 2.42. The molecular weight excluding hydrogens is 210 g/mol. The van der Waals surface area contributed by atoms with Gasteiger partial charge in [0.1, 0.15) is 6.10 Å². The van der Waals surface area contributed by atoms with Crippen LogP contribution in [0.2, 0.25) is 0 Å². The van der Waals surface area contributed by atoms with Crippen molar-refractivity contribution in [3.8, 4) is 0 Å². The highest BCUT2D eigenvalue weighted by atomic mass is 16.7. The van der Waals surface area contributed by atoms with Crippen molar-refractivity contribution in [3.63, 3.8) is 0 Å². The Morgan fingerprint density at radius 1 is 1.38 bits per heavy atom. The summed E-state index contributed by atoms with van der Waals surface area (Å²) in [4.78, 5) is 10.1. The lowest BCUT2D eigenvalue weighted by molar-refractivity contribution is -0.384. The van der Waals surface area contributed by atoms with Gasteiger partial charge in [0.05, 0.1) is 11.5 Å². The molecule has 0 spiro atoms. The lowest BCUT2D eigenvalue weighted by Gasteiger charge is -2.17. The van der Waals surface area contributed by atoms with Crippen LogP contribution in [0.25, 0.3) is 0 Å². The van der Waals surface area contributed by atoms with E-state index in [9.17, 15) is 10.1 Å². The molecule has 1 aliphatic rings. The molecule has 1 aromatic rings. The normalized spacial score (nSPS) is 23.2. The molecule has 0 aliphatic carbocycles. The van der Waals surface area contributed by atoms with E-state index in [2.05, 4.69) is 0 Å². The zero-order valence-electron chi connectivity index (χ0n) is 9.17. The van der Waals surface area contributed by atoms with Gasteiger partial charge in [0, 0.05) is 12.1 Å². The smallest absolute Gasteiger partial charge is 0.269 e. The SMILES string of the molecule is CC1(C)OC[C@H](c2ccc([N+](=O)[O-])cc2)O1. The fourth-order valence-corrected chi connectivity index (χ4v) is 1.66. The van der Waals surface area contributed by atoms with E-state index in [1.54, 1.807) is 12.1 Å². The minimum atomic E-state index is -0.577. The van der Waals surface area contributed by atoms with Crippen LogP contribution in [0.4, 0.5) is 5.69 Å². The number of benzene rings is 1. The van der Waals surface area contributed by atoms with Crippen molar-refractivity contribution in [2.45, 2.75) is 25.7 Å². The fraction of sp³-hybridized carbons (Fsp3) is 0.455. The topological polar surface area (TPSA) is 61.6 Å². The van der Waals surface area contributed by atoms with E-state index in [1.165, 1.54) is 12.1 Å². The number of ether oxygens (including phenoxy) is 2. The average Bonchev–Trinajstić information content (AvgIpc) is 2.59. The maximum atomic E-state index is 10.5. The van der Waals surface area contributed by atoms with Crippen LogP contribution in [-0.2, 0) is 9.47 Å². The van der Waals surface area contributed by atoms with Gasteiger partial charge < -0.3 is 9.47 Å². The van der Waals surface area contributed by atoms with Gasteiger partial charge >= 0.3 is 0 Å². The second-order valence-electron chi connectivity index (χ2n) is 4.17. The van der Waals surface area contributed by atoms with E-state index in [1.807, 2.05) is 13.8 Å². The Kier molecular flexibility index (Phi) is 2.65. The largest absolute Gasteiger partial charge is 0.347 e.